The number of benzene rings is 18. The molecule has 6 nitrogen and oxygen atoms in total. The summed E-state index contributed by atoms with van der Waals surface area (Å²) in [5, 5.41) is 20.1. The van der Waals surface area contributed by atoms with Crippen LogP contribution in [0, 0.1) is 0 Å². The molecule has 0 saturated heterocycles. The Labute approximate surface area is 635 Å². The van der Waals surface area contributed by atoms with Crippen molar-refractivity contribution in [2.24, 2.45) is 0 Å². The second-order valence-corrected chi connectivity index (χ2v) is 28.4. The van der Waals surface area contributed by atoms with Crippen LogP contribution < -0.4 is 0 Å². The average molecular weight is 1400 g/mol. The fourth-order valence-electron chi connectivity index (χ4n) is 16.7. The molecule has 0 bridgehead atoms. The SMILES string of the molecule is c1ccc(-c2cc(-c3ccccc3)nc(-c3ccc(-n4c5ccccc5c5c6cc(-c7cc8ccccc8c8ccccc78)ccc6ccc54)cc3)n2)cc1.c1ccc(-c2cc(-c3ccccc3)nc(-c3ccc(-n4c5ccccc5c5c6cc(-c7ccc8c(ccc9ccccc98)c7)ccc6ccc54)cc3)n2)cc1. The summed E-state index contributed by atoms with van der Waals surface area (Å²) in [4.78, 5) is 20.3. The van der Waals surface area contributed by atoms with Crippen molar-refractivity contribution in [2.75, 3.05) is 0 Å². The summed E-state index contributed by atoms with van der Waals surface area (Å²) in [5.41, 5.74) is 21.6. The van der Waals surface area contributed by atoms with Crippen molar-refractivity contribution in [3.63, 3.8) is 0 Å². The third-order valence-corrected chi connectivity index (χ3v) is 22.0. The average Bonchev–Trinajstić information content (AvgIpc) is 1.57. The maximum Gasteiger partial charge on any atom is 0.160 e. The Kier molecular flexibility index (Phi) is 15.5. The highest BCUT2D eigenvalue weighted by Gasteiger charge is 2.21. The van der Waals surface area contributed by atoms with Crippen LogP contribution in [0.5, 0.6) is 0 Å². The van der Waals surface area contributed by atoms with Crippen LogP contribution in [0.2, 0.25) is 0 Å². The number of fused-ring (bicyclic) bond motifs is 16. The molecule has 0 fully saturated rings. The second-order valence-electron chi connectivity index (χ2n) is 28.4. The van der Waals surface area contributed by atoms with Crippen LogP contribution in [-0.2, 0) is 0 Å². The molecule has 6 heteroatoms. The van der Waals surface area contributed by atoms with Gasteiger partial charge in [0.1, 0.15) is 0 Å². The van der Waals surface area contributed by atoms with Gasteiger partial charge in [-0.2, -0.15) is 0 Å². The third-order valence-electron chi connectivity index (χ3n) is 22.0. The second kappa shape index (κ2) is 26.7. The van der Waals surface area contributed by atoms with Crippen LogP contribution in [0.3, 0.4) is 0 Å². The van der Waals surface area contributed by atoms with Crippen LogP contribution >= 0.6 is 0 Å². The molecule has 22 rings (SSSR count). The maximum absolute atomic E-state index is 5.08. The molecule has 4 heterocycles. The zero-order chi connectivity index (χ0) is 72.6. The Morgan fingerprint density at radius 3 is 0.973 bits per heavy atom. The summed E-state index contributed by atoms with van der Waals surface area (Å²) in [6, 6.07) is 143. The van der Waals surface area contributed by atoms with Gasteiger partial charge in [-0.05, 0) is 196 Å². The van der Waals surface area contributed by atoms with Crippen LogP contribution in [0.25, 0.3) is 210 Å². The lowest BCUT2D eigenvalue weighted by molar-refractivity contribution is 1.16. The molecule has 110 heavy (non-hydrogen) atoms. The lowest BCUT2D eigenvalue weighted by Crippen LogP contribution is -1.97. The Morgan fingerprint density at radius 2 is 0.482 bits per heavy atom. The predicted molar refractivity (Wildman–Crippen MR) is 461 cm³/mol. The van der Waals surface area contributed by atoms with Crippen molar-refractivity contribution >= 4 is 108 Å². The van der Waals surface area contributed by atoms with Crippen molar-refractivity contribution in [3.05, 3.63) is 400 Å². The van der Waals surface area contributed by atoms with Crippen LogP contribution in [0.4, 0.5) is 0 Å². The van der Waals surface area contributed by atoms with E-state index in [9.17, 15) is 0 Å². The largest absolute Gasteiger partial charge is 0.309 e. The predicted octanol–water partition coefficient (Wildman–Crippen LogP) is 27.4. The standard InChI is InChI=1S/2C52H33N3/c1-3-13-35(14-4-1)47-33-48(36-15-5-2-6-16-36)54-52(53-47)37-25-28-40(29-26-37)55-49-22-12-11-21-44(49)51-46-32-39(24-23-34(46)27-30-50(51)55)45-31-38-17-7-8-18-41(38)42-19-9-10-20-43(42)45;1-3-12-36(13-4-1)47-33-48(37-14-5-2-6-15-37)54-52(53-47)38-23-27-42(28-24-38)55-49-18-10-9-17-45(49)51-46-32-40(21-19-35(46)26-30-50(51)55)39-25-29-44-41(31-39)22-20-34-11-7-8-16-43(34)44/h2*1-33H. The molecule has 0 aliphatic heterocycles. The zero-order valence-electron chi connectivity index (χ0n) is 59.8. The molecule has 0 aliphatic rings. The van der Waals surface area contributed by atoms with Gasteiger partial charge in [0.05, 0.1) is 44.8 Å². The van der Waals surface area contributed by atoms with Gasteiger partial charge in [0.15, 0.2) is 11.6 Å². The monoisotopic (exact) mass is 1400 g/mol. The van der Waals surface area contributed by atoms with E-state index in [2.05, 4.69) is 385 Å². The summed E-state index contributed by atoms with van der Waals surface area (Å²) in [6.07, 6.45) is 0. The quantitative estimate of drug-likeness (QED) is 0.128. The van der Waals surface area contributed by atoms with Gasteiger partial charge in [0.25, 0.3) is 0 Å². The van der Waals surface area contributed by atoms with Crippen molar-refractivity contribution in [1.82, 2.24) is 29.1 Å². The molecule has 0 atom stereocenters. The van der Waals surface area contributed by atoms with Gasteiger partial charge in [0.2, 0.25) is 0 Å². The van der Waals surface area contributed by atoms with Crippen LogP contribution in [0.1, 0.15) is 0 Å². The van der Waals surface area contributed by atoms with Crippen molar-refractivity contribution in [2.45, 2.75) is 0 Å². The van der Waals surface area contributed by atoms with Gasteiger partial charge >= 0.3 is 0 Å². The van der Waals surface area contributed by atoms with Gasteiger partial charge in [-0.25, -0.2) is 19.9 Å². The summed E-state index contributed by atoms with van der Waals surface area (Å²) in [7, 11) is 0. The number of rotatable bonds is 10. The van der Waals surface area contributed by atoms with Gasteiger partial charge in [0, 0.05) is 66.3 Å². The fourth-order valence-corrected chi connectivity index (χ4v) is 16.7. The zero-order valence-corrected chi connectivity index (χ0v) is 59.8. The maximum atomic E-state index is 5.08. The van der Waals surface area contributed by atoms with Crippen LogP contribution in [0.15, 0.2) is 400 Å². The molecule has 0 amide bonds. The third kappa shape index (κ3) is 11.2. The Hall–Kier alpha value is -14.7. The first kappa shape index (κ1) is 63.7. The van der Waals surface area contributed by atoms with E-state index in [-0.39, 0.29) is 0 Å². The van der Waals surface area contributed by atoms with E-state index >= 15 is 0 Å². The normalized spacial score (nSPS) is 11.6. The summed E-state index contributed by atoms with van der Waals surface area (Å²) in [6.45, 7) is 0. The molecule has 0 radical (unpaired) electrons. The van der Waals surface area contributed by atoms with Crippen LogP contribution in [-0.4, -0.2) is 29.1 Å². The van der Waals surface area contributed by atoms with E-state index in [4.69, 9.17) is 19.9 Å². The molecule has 18 aromatic carbocycles. The van der Waals surface area contributed by atoms with E-state index in [1.54, 1.807) is 0 Å². The Balaban J connectivity index is 0.000000140. The highest BCUT2D eigenvalue weighted by Crippen LogP contribution is 2.44. The van der Waals surface area contributed by atoms with E-state index in [1.807, 2.05) is 24.3 Å². The lowest BCUT2D eigenvalue weighted by atomic mass is 9.91. The Morgan fingerprint density at radius 1 is 0.164 bits per heavy atom. The van der Waals surface area contributed by atoms with Crippen molar-refractivity contribution in [1.29, 1.82) is 0 Å². The minimum Gasteiger partial charge on any atom is -0.309 e. The highest BCUT2D eigenvalue weighted by atomic mass is 15.0. The molecule has 4 aromatic heterocycles. The summed E-state index contributed by atoms with van der Waals surface area (Å²) < 4.78 is 4.78. The first-order chi connectivity index (χ1) is 54.5. The Bertz CT molecular complexity index is 7240. The molecular weight excluding hydrogens is 1330 g/mol. The summed E-state index contributed by atoms with van der Waals surface area (Å²) in [5.74, 6) is 1.41. The topological polar surface area (TPSA) is 61.4 Å². The van der Waals surface area contributed by atoms with Crippen molar-refractivity contribution < 1.29 is 0 Å². The molecule has 0 aliphatic carbocycles. The molecular formula is C104H66N6. The number of nitrogens with zero attached hydrogens (tertiary/aromatic N) is 6. The summed E-state index contributed by atoms with van der Waals surface area (Å²) >= 11 is 0. The first-order valence-electron chi connectivity index (χ1n) is 37.5. The van der Waals surface area contributed by atoms with Crippen molar-refractivity contribution in [3.8, 4) is 101 Å². The number of hydrogen-bond acceptors (Lipinski definition) is 4. The van der Waals surface area contributed by atoms with Gasteiger partial charge in [-0.1, -0.05) is 291 Å². The molecule has 0 saturated carbocycles. The molecule has 22 aromatic rings. The van der Waals surface area contributed by atoms with E-state index in [0.717, 1.165) is 67.5 Å². The van der Waals surface area contributed by atoms with Gasteiger partial charge in [-0.15, -0.1) is 0 Å². The molecule has 0 spiro atoms. The molecule has 0 N–H and O–H groups in total. The minimum atomic E-state index is 0.703. The number of aromatic nitrogens is 6. The van der Waals surface area contributed by atoms with E-state index in [0.29, 0.717) is 11.6 Å². The lowest BCUT2D eigenvalue weighted by Gasteiger charge is -2.13. The number of hydrogen-bond donors (Lipinski definition) is 0. The van der Waals surface area contributed by atoms with E-state index in [1.165, 1.54) is 131 Å². The number of para-hydroxylation sites is 2. The van der Waals surface area contributed by atoms with Gasteiger partial charge < -0.3 is 9.13 Å². The van der Waals surface area contributed by atoms with E-state index < -0.39 is 0 Å². The van der Waals surface area contributed by atoms with Gasteiger partial charge in [-0.3, -0.25) is 0 Å². The minimum absolute atomic E-state index is 0.703. The first-order valence-corrected chi connectivity index (χ1v) is 37.5. The highest BCUT2D eigenvalue weighted by molar-refractivity contribution is 6.24. The smallest absolute Gasteiger partial charge is 0.160 e. The molecule has 0 unspecified atom stereocenters. The fraction of sp³-hybridized carbons (Fsp3) is 0. The molecule has 512 valence electrons.